The molecule has 4 fully saturated rings. The highest BCUT2D eigenvalue weighted by Gasteiger charge is 2.36. The Morgan fingerprint density at radius 2 is 0.868 bits per heavy atom. The van der Waals surface area contributed by atoms with Gasteiger partial charge in [0.05, 0.1) is 87.9 Å². The summed E-state index contributed by atoms with van der Waals surface area (Å²) in [6.07, 6.45) is -1.11. The van der Waals surface area contributed by atoms with E-state index in [4.69, 9.17) is 14.2 Å². The highest BCUT2D eigenvalue weighted by atomic mass is 32.2. The van der Waals surface area contributed by atoms with E-state index >= 15 is 0 Å². The lowest BCUT2D eigenvalue weighted by Crippen LogP contribution is -2.54. The third-order valence-electron chi connectivity index (χ3n) is 18.9. The van der Waals surface area contributed by atoms with Crippen molar-refractivity contribution in [1.29, 1.82) is 0 Å². The summed E-state index contributed by atoms with van der Waals surface area (Å²) in [5.41, 5.74) is 2.84. The maximum atomic E-state index is 13.9. The third-order valence-corrected chi connectivity index (χ3v) is 21.5. The van der Waals surface area contributed by atoms with Crippen LogP contribution < -0.4 is 36.7 Å². The number of halogens is 3. The van der Waals surface area contributed by atoms with Gasteiger partial charge in [0.25, 0.3) is 28.5 Å². The number of aromatic nitrogens is 4. The van der Waals surface area contributed by atoms with Crippen LogP contribution in [0.2, 0.25) is 0 Å². The molecule has 106 heavy (non-hydrogen) atoms. The van der Waals surface area contributed by atoms with Crippen molar-refractivity contribution in [2.75, 3.05) is 125 Å². The molecular formula is C77H78F3N11O12S3. The number of thioether (sulfide) groups is 1. The highest BCUT2D eigenvalue weighted by Crippen LogP contribution is 2.36. The van der Waals surface area contributed by atoms with Gasteiger partial charge in [-0.1, -0.05) is 78.9 Å². The number of nitrogens with zero attached hydrogens (tertiary/aromatic N) is 10. The zero-order chi connectivity index (χ0) is 74.8. The minimum atomic E-state index is -4.47. The van der Waals surface area contributed by atoms with Crippen molar-refractivity contribution in [3.63, 3.8) is 0 Å². The summed E-state index contributed by atoms with van der Waals surface area (Å²) in [6.45, 7) is 11.6. The topological polar surface area (TPSA) is 240 Å². The van der Waals surface area contributed by atoms with Crippen molar-refractivity contribution in [3.8, 4) is 0 Å². The molecule has 10 aromatic rings. The summed E-state index contributed by atoms with van der Waals surface area (Å²) >= 11 is 4.53. The molecule has 0 saturated carbocycles. The van der Waals surface area contributed by atoms with Crippen LogP contribution in [0.15, 0.2) is 171 Å². The van der Waals surface area contributed by atoms with Crippen LogP contribution in [0.5, 0.6) is 0 Å². The first kappa shape index (κ1) is 75.1. The Morgan fingerprint density at radius 1 is 0.481 bits per heavy atom. The number of nitrogens with one attached hydrogen (secondary N) is 1. The largest absolute Gasteiger partial charge is 0.462 e. The van der Waals surface area contributed by atoms with Gasteiger partial charge in [-0.15, -0.1) is 34.4 Å². The summed E-state index contributed by atoms with van der Waals surface area (Å²) in [4.78, 5) is 135. The molecule has 23 nitrogen and oxygen atoms in total. The summed E-state index contributed by atoms with van der Waals surface area (Å²) in [7, 11) is 1.67. The Labute approximate surface area is 619 Å². The van der Waals surface area contributed by atoms with Crippen molar-refractivity contribution in [2.45, 2.75) is 46.1 Å². The van der Waals surface area contributed by atoms with E-state index in [-0.39, 0.29) is 72.4 Å². The molecule has 1 atom stereocenters. The van der Waals surface area contributed by atoms with Gasteiger partial charge in [-0.2, -0.15) is 13.2 Å². The number of para-hydroxylation sites is 3. The monoisotopic (exact) mass is 1500 g/mol. The normalized spacial score (nSPS) is 15.4. The molecule has 14 rings (SSSR count). The van der Waals surface area contributed by atoms with Crippen molar-refractivity contribution in [1.82, 2.24) is 38.7 Å². The van der Waals surface area contributed by atoms with E-state index in [0.717, 1.165) is 51.1 Å². The fourth-order valence-corrected chi connectivity index (χ4v) is 16.0. The third kappa shape index (κ3) is 16.1. The SMILES string of the molecule is CCOC(=O)c1c(N2CCN(C(=O)C3CSCN3)CC2)c2ccccc2n(C)c1=O.CCOC(=O)c1c(N2CCN(C(=O)c3cccs3)CC2)c2ccccc2n(Cc2ccc(C(F)(F)F)cc2)c1=O.CCOC(=O)c1c(N2CCN(C(=O)c3cccs3)CC2)c2ccccc2n(Cc2ccncc2)c1=O. The van der Waals surface area contributed by atoms with Crippen LogP contribution in [-0.4, -0.2) is 185 Å². The van der Waals surface area contributed by atoms with Crippen molar-refractivity contribution >= 4 is 120 Å². The second kappa shape index (κ2) is 33.7. The van der Waals surface area contributed by atoms with Gasteiger partial charge in [0.2, 0.25) is 5.91 Å². The fraction of sp³-hybridized carbons (Fsp3) is 0.325. The van der Waals surface area contributed by atoms with E-state index in [0.29, 0.717) is 128 Å². The van der Waals surface area contributed by atoms with E-state index in [1.54, 1.807) is 91.8 Å². The molecule has 1 N–H and O–H groups in total. The molecule has 4 saturated heterocycles. The number of piperazine rings is 3. The Balaban J connectivity index is 0.000000151. The van der Waals surface area contributed by atoms with E-state index in [1.165, 1.54) is 43.9 Å². The number of alkyl halides is 3. The van der Waals surface area contributed by atoms with Crippen LogP contribution in [-0.2, 0) is 45.3 Å². The van der Waals surface area contributed by atoms with Crippen LogP contribution >= 0.6 is 34.4 Å². The predicted molar refractivity (Wildman–Crippen MR) is 405 cm³/mol. The molecule has 3 amide bonds. The summed E-state index contributed by atoms with van der Waals surface area (Å²) in [5, 5.41) is 9.23. The van der Waals surface area contributed by atoms with E-state index in [1.807, 2.05) is 114 Å². The van der Waals surface area contributed by atoms with E-state index in [9.17, 15) is 56.3 Å². The van der Waals surface area contributed by atoms with Crippen LogP contribution in [0.3, 0.4) is 0 Å². The van der Waals surface area contributed by atoms with Crippen LogP contribution in [0.1, 0.15) is 87.9 Å². The standard InChI is InChI=1S/C29H26F3N3O4S.C27H26N4O4S.C21H26N4O4S/c1-2-39-28(38)24-25(33-13-15-34(16-14-33)26(36)23-8-5-17-40-23)21-6-3-4-7-22(21)35(27(24)37)18-19-9-11-20(12-10-19)29(30,31)32;1-2-35-27(34)23-24(29-13-15-30(16-14-29)25(32)22-8-5-17-36-22)20-6-3-4-7-21(20)31(26(23)33)18-19-9-11-28-12-10-19;1-3-29-21(28)17-18(14-6-4-5-7-16(14)23(2)20(17)27)24-8-10-25(11-9-24)19(26)15-12-30-13-22-15/h3-12,17H,2,13-16,18H2,1H3;3-12,17H,2,13-16,18H2,1H3;4-7,15,22H,3,8-13H2,1-2H3. The zero-order valence-corrected chi connectivity index (χ0v) is 61.2. The van der Waals surface area contributed by atoms with Crippen molar-refractivity contribution < 1.29 is 56.1 Å². The molecular weight excluding hydrogens is 1420 g/mol. The Morgan fingerprint density at radius 3 is 1.25 bits per heavy atom. The number of esters is 3. The van der Waals surface area contributed by atoms with E-state index < -0.39 is 40.8 Å². The smallest absolute Gasteiger partial charge is 0.416 e. The van der Waals surface area contributed by atoms with Crippen molar-refractivity contribution in [2.24, 2.45) is 7.05 Å². The minimum absolute atomic E-state index is 0.00731. The second-order valence-electron chi connectivity index (χ2n) is 25.2. The molecule has 0 spiro atoms. The molecule has 29 heteroatoms. The van der Waals surface area contributed by atoms with Crippen LogP contribution in [0.4, 0.5) is 30.2 Å². The minimum Gasteiger partial charge on any atom is -0.462 e. The molecule has 0 radical (unpaired) electrons. The number of ether oxygens (including phenoxy) is 3. The number of hydrogen-bond acceptors (Lipinski definition) is 20. The maximum Gasteiger partial charge on any atom is 0.416 e. The number of carbonyl (C=O) groups excluding carboxylic acids is 6. The molecule has 4 aliphatic rings. The number of hydrogen-bond donors (Lipinski definition) is 1. The van der Waals surface area contributed by atoms with Gasteiger partial charge >= 0.3 is 24.1 Å². The molecule has 0 bridgehead atoms. The molecule has 4 aliphatic heterocycles. The molecule has 6 aromatic heterocycles. The Kier molecular flexibility index (Phi) is 23.8. The van der Waals surface area contributed by atoms with Crippen LogP contribution in [0, 0.1) is 0 Å². The number of benzene rings is 4. The summed E-state index contributed by atoms with van der Waals surface area (Å²) < 4.78 is 59.6. The van der Waals surface area contributed by atoms with Gasteiger partial charge in [-0.05, 0) is 97.3 Å². The number of pyridine rings is 4. The fourth-order valence-electron chi connectivity index (χ4n) is 13.7. The Bertz CT molecular complexity index is 5050. The Hall–Kier alpha value is -10.6. The average molecular weight is 1500 g/mol. The van der Waals surface area contributed by atoms with Gasteiger partial charge in [0, 0.05) is 126 Å². The first-order valence-electron chi connectivity index (χ1n) is 34.8. The molecule has 1 unspecified atom stereocenters. The van der Waals surface area contributed by atoms with Crippen LogP contribution in [0.25, 0.3) is 32.7 Å². The zero-order valence-electron chi connectivity index (χ0n) is 58.8. The number of fused-ring (bicyclic) bond motifs is 3. The molecule has 10 heterocycles. The van der Waals surface area contributed by atoms with Gasteiger partial charge in [0.15, 0.2) is 0 Å². The number of aryl methyl sites for hydroxylation is 1. The number of carbonyl (C=O) groups is 6. The average Bonchev–Trinajstić information content (AvgIpc) is 0.782. The summed E-state index contributed by atoms with van der Waals surface area (Å²) in [5.74, 6) is -0.340. The second-order valence-corrected chi connectivity index (χ2v) is 28.1. The lowest BCUT2D eigenvalue weighted by Gasteiger charge is -2.38. The first-order valence-corrected chi connectivity index (χ1v) is 37.7. The highest BCUT2D eigenvalue weighted by molar-refractivity contribution is 7.99. The molecule has 0 aliphatic carbocycles. The number of rotatable bonds is 16. The number of amides is 3. The van der Waals surface area contributed by atoms with E-state index in [2.05, 4.69) is 10.3 Å². The van der Waals surface area contributed by atoms with Gasteiger partial charge in [-0.25, -0.2) is 14.4 Å². The van der Waals surface area contributed by atoms with Crippen molar-refractivity contribution in [3.05, 3.63) is 231 Å². The first-order chi connectivity index (χ1) is 51.3. The van der Waals surface area contributed by atoms with Gasteiger partial charge < -0.3 is 57.3 Å². The summed E-state index contributed by atoms with van der Waals surface area (Å²) in [6, 6.07) is 37.8. The lowest BCUT2D eigenvalue weighted by atomic mass is 10.0. The predicted octanol–water partition coefficient (Wildman–Crippen LogP) is 9.94. The number of anilines is 3. The van der Waals surface area contributed by atoms with Gasteiger partial charge in [-0.3, -0.25) is 39.1 Å². The maximum absolute atomic E-state index is 13.9. The molecule has 552 valence electrons. The molecule has 4 aromatic carbocycles. The number of thiophene rings is 2. The quantitative estimate of drug-likeness (QED) is 0.0699. The van der Waals surface area contributed by atoms with Gasteiger partial charge in [0.1, 0.15) is 16.7 Å². The lowest BCUT2D eigenvalue weighted by molar-refractivity contribution is -0.137.